The molecule has 18 heavy (non-hydrogen) atoms. The van der Waals surface area contributed by atoms with Crippen LogP contribution in [0.5, 0.6) is 5.75 Å². The molecule has 0 bridgehead atoms. The van der Waals surface area contributed by atoms with E-state index < -0.39 is 0 Å². The standard InChI is InChI=1S/C14H20N2O2/c1-4-8-18-13-7-5-6-12(9-13)16-14(17)10-15-11(2)3/h4-7,9,11,15H,1,8,10H2,2-3H3,(H,16,17). The third kappa shape index (κ3) is 5.50. The van der Waals surface area contributed by atoms with E-state index in [4.69, 9.17) is 4.74 Å². The fourth-order valence-corrected chi connectivity index (χ4v) is 1.32. The number of hydrogen-bond donors (Lipinski definition) is 2. The van der Waals surface area contributed by atoms with Gasteiger partial charge in [-0.1, -0.05) is 32.6 Å². The maximum absolute atomic E-state index is 11.6. The van der Waals surface area contributed by atoms with E-state index in [1.807, 2.05) is 32.0 Å². The molecule has 0 atom stereocenters. The quantitative estimate of drug-likeness (QED) is 0.727. The molecule has 0 radical (unpaired) electrons. The van der Waals surface area contributed by atoms with Gasteiger partial charge in [-0.25, -0.2) is 0 Å². The molecular weight excluding hydrogens is 228 g/mol. The average Bonchev–Trinajstić information content (AvgIpc) is 2.34. The average molecular weight is 248 g/mol. The molecular formula is C14H20N2O2. The molecule has 0 fully saturated rings. The molecule has 4 heteroatoms. The zero-order chi connectivity index (χ0) is 13.4. The molecule has 1 amide bonds. The highest BCUT2D eigenvalue weighted by Gasteiger charge is 2.03. The number of amides is 1. The Morgan fingerprint density at radius 2 is 2.28 bits per heavy atom. The van der Waals surface area contributed by atoms with Crippen LogP contribution in [0.1, 0.15) is 13.8 Å². The number of hydrogen-bond acceptors (Lipinski definition) is 3. The van der Waals surface area contributed by atoms with Gasteiger partial charge in [0.05, 0.1) is 6.54 Å². The van der Waals surface area contributed by atoms with Crippen molar-refractivity contribution < 1.29 is 9.53 Å². The van der Waals surface area contributed by atoms with Crippen LogP contribution in [-0.4, -0.2) is 25.1 Å². The molecule has 2 N–H and O–H groups in total. The Balaban J connectivity index is 2.50. The van der Waals surface area contributed by atoms with Crippen LogP contribution in [0.4, 0.5) is 5.69 Å². The first kappa shape index (κ1) is 14.3. The molecule has 0 saturated carbocycles. The first-order chi connectivity index (χ1) is 8.61. The van der Waals surface area contributed by atoms with E-state index in [1.165, 1.54) is 0 Å². The van der Waals surface area contributed by atoms with Crippen LogP contribution >= 0.6 is 0 Å². The second-order valence-corrected chi connectivity index (χ2v) is 4.21. The van der Waals surface area contributed by atoms with Crippen molar-refractivity contribution in [1.29, 1.82) is 0 Å². The van der Waals surface area contributed by atoms with Crippen LogP contribution in [0.25, 0.3) is 0 Å². The summed E-state index contributed by atoms with van der Waals surface area (Å²) in [5.74, 6) is 0.647. The smallest absolute Gasteiger partial charge is 0.238 e. The summed E-state index contributed by atoms with van der Waals surface area (Å²) in [7, 11) is 0. The summed E-state index contributed by atoms with van der Waals surface area (Å²) in [5.41, 5.74) is 0.729. The Morgan fingerprint density at radius 3 is 2.94 bits per heavy atom. The van der Waals surface area contributed by atoms with E-state index in [1.54, 1.807) is 12.1 Å². The number of rotatable bonds is 7. The minimum absolute atomic E-state index is 0.0652. The van der Waals surface area contributed by atoms with Gasteiger partial charge in [0, 0.05) is 17.8 Å². The summed E-state index contributed by atoms with van der Waals surface area (Å²) in [5, 5.41) is 5.86. The second kappa shape index (κ2) is 7.50. The van der Waals surface area contributed by atoms with Crippen molar-refractivity contribution in [3.8, 4) is 5.75 Å². The van der Waals surface area contributed by atoms with Crippen molar-refractivity contribution in [2.24, 2.45) is 0 Å². The van der Waals surface area contributed by atoms with Crippen LogP contribution < -0.4 is 15.4 Å². The maximum Gasteiger partial charge on any atom is 0.238 e. The van der Waals surface area contributed by atoms with Crippen molar-refractivity contribution in [3.63, 3.8) is 0 Å². The van der Waals surface area contributed by atoms with Gasteiger partial charge < -0.3 is 15.4 Å². The van der Waals surface area contributed by atoms with Gasteiger partial charge in [0.15, 0.2) is 0 Å². The number of benzene rings is 1. The first-order valence-electron chi connectivity index (χ1n) is 5.99. The molecule has 1 rings (SSSR count). The molecule has 1 aromatic carbocycles. The molecule has 0 aromatic heterocycles. The van der Waals surface area contributed by atoms with Gasteiger partial charge in [0.2, 0.25) is 5.91 Å². The Bertz CT molecular complexity index is 403. The summed E-state index contributed by atoms with van der Waals surface area (Å²) >= 11 is 0. The lowest BCUT2D eigenvalue weighted by Crippen LogP contribution is -2.32. The Labute approximate surface area is 108 Å². The second-order valence-electron chi connectivity index (χ2n) is 4.21. The normalized spacial score (nSPS) is 10.2. The first-order valence-corrected chi connectivity index (χ1v) is 5.99. The lowest BCUT2D eigenvalue weighted by atomic mass is 10.3. The molecule has 0 spiro atoms. The van der Waals surface area contributed by atoms with Crippen LogP contribution in [-0.2, 0) is 4.79 Å². The predicted octanol–water partition coefficient (Wildman–Crippen LogP) is 2.19. The van der Waals surface area contributed by atoms with Gasteiger partial charge in [-0.2, -0.15) is 0 Å². The fourth-order valence-electron chi connectivity index (χ4n) is 1.32. The van der Waals surface area contributed by atoms with Gasteiger partial charge in [-0.15, -0.1) is 0 Å². The van der Waals surface area contributed by atoms with Crippen molar-refractivity contribution in [2.75, 3.05) is 18.5 Å². The van der Waals surface area contributed by atoms with E-state index in [9.17, 15) is 4.79 Å². The topological polar surface area (TPSA) is 50.4 Å². The van der Waals surface area contributed by atoms with Gasteiger partial charge in [0.25, 0.3) is 0 Å². The van der Waals surface area contributed by atoms with E-state index >= 15 is 0 Å². The highest BCUT2D eigenvalue weighted by atomic mass is 16.5. The van der Waals surface area contributed by atoms with Crippen molar-refractivity contribution in [3.05, 3.63) is 36.9 Å². The van der Waals surface area contributed by atoms with Crippen molar-refractivity contribution in [2.45, 2.75) is 19.9 Å². The SMILES string of the molecule is C=CCOc1cccc(NC(=O)CNC(C)C)c1. The molecule has 0 aliphatic heterocycles. The van der Waals surface area contributed by atoms with Crippen LogP contribution in [0.3, 0.4) is 0 Å². The summed E-state index contributed by atoms with van der Waals surface area (Å²) in [6.45, 7) is 8.33. The molecule has 4 nitrogen and oxygen atoms in total. The Hall–Kier alpha value is -1.81. The van der Waals surface area contributed by atoms with E-state index in [-0.39, 0.29) is 11.9 Å². The minimum atomic E-state index is -0.0652. The van der Waals surface area contributed by atoms with Crippen molar-refractivity contribution >= 4 is 11.6 Å². The monoisotopic (exact) mass is 248 g/mol. The zero-order valence-electron chi connectivity index (χ0n) is 10.9. The van der Waals surface area contributed by atoms with Gasteiger partial charge in [-0.3, -0.25) is 4.79 Å². The van der Waals surface area contributed by atoms with Gasteiger partial charge in [0.1, 0.15) is 12.4 Å². The highest BCUT2D eigenvalue weighted by molar-refractivity contribution is 5.92. The third-order valence-corrected chi connectivity index (χ3v) is 2.16. The molecule has 0 saturated heterocycles. The minimum Gasteiger partial charge on any atom is -0.489 e. The van der Waals surface area contributed by atoms with Gasteiger partial charge >= 0.3 is 0 Å². The van der Waals surface area contributed by atoms with E-state index in [2.05, 4.69) is 17.2 Å². The fraction of sp³-hybridized carbons (Fsp3) is 0.357. The van der Waals surface area contributed by atoms with Crippen LogP contribution in [0, 0.1) is 0 Å². The summed E-state index contributed by atoms with van der Waals surface area (Å²) < 4.78 is 5.39. The third-order valence-electron chi connectivity index (χ3n) is 2.16. The zero-order valence-corrected chi connectivity index (χ0v) is 10.9. The highest BCUT2D eigenvalue weighted by Crippen LogP contribution is 2.17. The van der Waals surface area contributed by atoms with Crippen LogP contribution in [0.2, 0.25) is 0 Å². The molecule has 1 aromatic rings. The molecule has 0 aliphatic rings. The molecule has 0 heterocycles. The molecule has 98 valence electrons. The van der Waals surface area contributed by atoms with Crippen LogP contribution in [0.15, 0.2) is 36.9 Å². The predicted molar refractivity (Wildman–Crippen MR) is 73.9 cm³/mol. The largest absolute Gasteiger partial charge is 0.489 e. The van der Waals surface area contributed by atoms with Gasteiger partial charge in [-0.05, 0) is 12.1 Å². The number of anilines is 1. The number of nitrogens with one attached hydrogen (secondary N) is 2. The van der Waals surface area contributed by atoms with E-state index in [0.717, 1.165) is 5.69 Å². The Morgan fingerprint density at radius 1 is 1.50 bits per heavy atom. The number of carbonyl (C=O) groups is 1. The lowest BCUT2D eigenvalue weighted by Gasteiger charge is -2.10. The number of carbonyl (C=O) groups excluding carboxylic acids is 1. The molecule has 0 unspecified atom stereocenters. The summed E-state index contributed by atoms with van der Waals surface area (Å²) in [6.07, 6.45) is 1.68. The number of ether oxygens (including phenoxy) is 1. The Kier molecular flexibility index (Phi) is 5.94. The molecule has 0 aliphatic carbocycles. The van der Waals surface area contributed by atoms with E-state index in [0.29, 0.717) is 18.9 Å². The lowest BCUT2D eigenvalue weighted by molar-refractivity contribution is -0.115. The summed E-state index contributed by atoms with van der Waals surface area (Å²) in [6, 6.07) is 7.58. The maximum atomic E-state index is 11.6. The van der Waals surface area contributed by atoms with Crippen molar-refractivity contribution in [1.82, 2.24) is 5.32 Å². The summed E-state index contributed by atoms with van der Waals surface area (Å²) in [4.78, 5) is 11.6.